The van der Waals surface area contributed by atoms with Crippen molar-refractivity contribution in [2.45, 2.75) is 25.7 Å². The molecule has 16 heavy (non-hydrogen) atoms. The number of unbranched alkanes of at least 4 members (excludes halogenated alkanes) is 3. The number of nitrogens with one attached hydrogen (secondary N) is 1. The van der Waals surface area contributed by atoms with Crippen LogP contribution in [0.25, 0.3) is 0 Å². The third-order valence-corrected chi connectivity index (χ3v) is 3.06. The van der Waals surface area contributed by atoms with Gasteiger partial charge < -0.3 is 0 Å². The summed E-state index contributed by atoms with van der Waals surface area (Å²) in [5.74, 6) is 0. The number of hydrogen-bond acceptors (Lipinski definition) is 5. The Bertz CT molecular complexity index is 335. The Labute approximate surface area is 97.6 Å². The molecule has 0 saturated heterocycles. The van der Waals surface area contributed by atoms with Gasteiger partial charge in [-0.25, -0.2) is 13.1 Å². The molecule has 0 aliphatic rings. The van der Waals surface area contributed by atoms with Crippen LogP contribution in [-0.4, -0.2) is 42.5 Å². The van der Waals surface area contributed by atoms with Gasteiger partial charge in [-0.1, -0.05) is 12.8 Å². The van der Waals surface area contributed by atoms with Crippen molar-refractivity contribution in [1.82, 2.24) is 4.72 Å². The summed E-state index contributed by atoms with van der Waals surface area (Å²) in [7, 11) is -6.43. The zero-order valence-corrected chi connectivity index (χ0v) is 11.2. The van der Waals surface area contributed by atoms with Crippen LogP contribution in [0.4, 0.5) is 0 Å². The first-order chi connectivity index (χ1) is 7.21. The molecule has 0 radical (unpaired) electrons. The maximum atomic E-state index is 10.7. The normalized spacial score (nSPS) is 12.9. The van der Waals surface area contributed by atoms with Gasteiger partial charge >= 0.3 is 0 Å². The predicted octanol–water partition coefficient (Wildman–Crippen LogP) is 0.0722. The lowest BCUT2D eigenvalue weighted by Crippen LogP contribution is -2.22. The summed E-state index contributed by atoms with van der Waals surface area (Å²) in [6.07, 6.45) is 5.20. The quantitative estimate of drug-likeness (QED) is 0.474. The van der Waals surface area contributed by atoms with Crippen LogP contribution in [-0.2, 0) is 24.3 Å². The molecule has 8 heteroatoms. The van der Waals surface area contributed by atoms with Crippen LogP contribution >= 0.6 is 0 Å². The maximum Gasteiger partial charge on any atom is 0.264 e. The molecule has 0 saturated carbocycles. The zero-order valence-electron chi connectivity index (χ0n) is 9.60. The molecular weight excluding hydrogens is 254 g/mol. The zero-order chi connectivity index (χ0) is 12.7. The molecule has 0 spiro atoms. The van der Waals surface area contributed by atoms with Crippen molar-refractivity contribution in [3.05, 3.63) is 0 Å². The van der Waals surface area contributed by atoms with Gasteiger partial charge in [-0.2, -0.15) is 8.42 Å². The molecule has 6 nitrogen and oxygen atoms in total. The minimum atomic E-state index is -3.33. The van der Waals surface area contributed by atoms with Gasteiger partial charge in [0.1, 0.15) is 0 Å². The Balaban J connectivity index is 3.29. The second-order valence-corrected chi connectivity index (χ2v) is 7.08. The summed E-state index contributed by atoms with van der Waals surface area (Å²) in [5.41, 5.74) is 0. The van der Waals surface area contributed by atoms with Crippen molar-refractivity contribution >= 4 is 20.1 Å². The fourth-order valence-electron chi connectivity index (χ4n) is 1.05. The number of rotatable bonds is 9. The molecular formula is C8H19NO5S2. The van der Waals surface area contributed by atoms with Gasteiger partial charge in [0.05, 0.1) is 19.1 Å². The monoisotopic (exact) mass is 273 g/mol. The van der Waals surface area contributed by atoms with Crippen molar-refractivity contribution in [3.8, 4) is 0 Å². The van der Waals surface area contributed by atoms with Gasteiger partial charge in [-0.05, 0) is 12.8 Å². The van der Waals surface area contributed by atoms with Crippen LogP contribution < -0.4 is 4.72 Å². The third-order valence-electron chi connectivity index (χ3n) is 1.73. The highest BCUT2D eigenvalue weighted by atomic mass is 32.2. The summed E-state index contributed by atoms with van der Waals surface area (Å²) < 4.78 is 49.4. The molecule has 0 aliphatic carbocycles. The molecule has 0 atom stereocenters. The number of hydrogen-bond donors (Lipinski definition) is 1. The Morgan fingerprint density at radius 1 is 0.938 bits per heavy atom. The molecule has 0 fully saturated rings. The topological polar surface area (TPSA) is 89.5 Å². The Hall–Kier alpha value is -0.180. The second-order valence-electron chi connectivity index (χ2n) is 3.61. The average Bonchev–Trinajstić information content (AvgIpc) is 2.06. The van der Waals surface area contributed by atoms with Gasteiger partial charge in [0.15, 0.2) is 0 Å². The van der Waals surface area contributed by atoms with E-state index in [9.17, 15) is 16.8 Å². The molecule has 0 rings (SSSR count). The molecule has 0 aromatic heterocycles. The SMILES string of the molecule is CS(=O)(=O)NCCCCCCOS(C)(=O)=O. The standard InChI is InChI=1S/C8H19NO5S2/c1-15(10,11)9-7-5-3-4-6-8-14-16(2,12)13/h9H,3-8H2,1-2H3. The van der Waals surface area contributed by atoms with Gasteiger partial charge in [-0.15, -0.1) is 0 Å². The fourth-order valence-corrected chi connectivity index (χ4v) is 1.98. The highest BCUT2D eigenvalue weighted by Gasteiger charge is 2.01. The summed E-state index contributed by atoms with van der Waals surface area (Å²) >= 11 is 0. The van der Waals surface area contributed by atoms with Gasteiger partial charge in [0.2, 0.25) is 10.0 Å². The highest BCUT2D eigenvalue weighted by Crippen LogP contribution is 2.00. The van der Waals surface area contributed by atoms with Gasteiger partial charge in [0, 0.05) is 6.54 Å². The summed E-state index contributed by atoms with van der Waals surface area (Å²) in [6, 6.07) is 0. The molecule has 1 N–H and O–H groups in total. The van der Waals surface area contributed by atoms with E-state index in [1.807, 2.05) is 0 Å². The third kappa shape index (κ3) is 13.8. The van der Waals surface area contributed by atoms with E-state index in [1.165, 1.54) is 0 Å². The first-order valence-corrected chi connectivity index (χ1v) is 8.70. The maximum absolute atomic E-state index is 10.7. The van der Waals surface area contributed by atoms with E-state index in [-0.39, 0.29) is 6.61 Å². The largest absolute Gasteiger partial charge is 0.270 e. The van der Waals surface area contributed by atoms with E-state index in [0.717, 1.165) is 31.8 Å². The molecule has 0 aliphatic heterocycles. The second kappa shape index (κ2) is 7.21. The van der Waals surface area contributed by atoms with E-state index >= 15 is 0 Å². The fraction of sp³-hybridized carbons (Fsp3) is 1.00. The minimum absolute atomic E-state index is 0.193. The van der Waals surface area contributed by atoms with Crippen molar-refractivity contribution in [1.29, 1.82) is 0 Å². The van der Waals surface area contributed by atoms with E-state index in [0.29, 0.717) is 13.0 Å². The lowest BCUT2D eigenvalue weighted by Gasteiger charge is -2.03. The highest BCUT2D eigenvalue weighted by molar-refractivity contribution is 7.88. The molecule has 0 aromatic carbocycles. The molecule has 0 aromatic rings. The Kier molecular flexibility index (Phi) is 7.12. The minimum Gasteiger partial charge on any atom is -0.270 e. The summed E-state index contributed by atoms with van der Waals surface area (Å²) in [6.45, 7) is 0.615. The van der Waals surface area contributed by atoms with Crippen molar-refractivity contribution < 1.29 is 21.0 Å². The van der Waals surface area contributed by atoms with Crippen molar-refractivity contribution in [3.63, 3.8) is 0 Å². The van der Waals surface area contributed by atoms with Crippen LogP contribution in [0.3, 0.4) is 0 Å². The van der Waals surface area contributed by atoms with Crippen LogP contribution in [0.1, 0.15) is 25.7 Å². The van der Waals surface area contributed by atoms with E-state index in [4.69, 9.17) is 0 Å². The molecule has 0 unspecified atom stereocenters. The first kappa shape index (κ1) is 15.8. The summed E-state index contributed by atoms with van der Waals surface area (Å²) in [4.78, 5) is 0. The first-order valence-electron chi connectivity index (χ1n) is 5.00. The molecule has 0 heterocycles. The average molecular weight is 273 g/mol. The van der Waals surface area contributed by atoms with E-state index in [2.05, 4.69) is 8.91 Å². The Morgan fingerprint density at radius 3 is 2.00 bits per heavy atom. The van der Waals surface area contributed by atoms with E-state index in [1.54, 1.807) is 0 Å². The van der Waals surface area contributed by atoms with Crippen LogP contribution in [0, 0.1) is 0 Å². The van der Waals surface area contributed by atoms with Crippen LogP contribution in [0.2, 0.25) is 0 Å². The van der Waals surface area contributed by atoms with E-state index < -0.39 is 20.1 Å². The molecule has 98 valence electrons. The molecule has 0 amide bonds. The smallest absolute Gasteiger partial charge is 0.264 e. The van der Waals surface area contributed by atoms with Crippen LogP contribution in [0.5, 0.6) is 0 Å². The van der Waals surface area contributed by atoms with Crippen molar-refractivity contribution in [2.24, 2.45) is 0 Å². The lowest BCUT2D eigenvalue weighted by atomic mass is 10.2. The van der Waals surface area contributed by atoms with Crippen molar-refractivity contribution in [2.75, 3.05) is 25.7 Å². The predicted molar refractivity (Wildman–Crippen MR) is 62.1 cm³/mol. The summed E-state index contributed by atoms with van der Waals surface area (Å²) in [5, 5.41) is 0. The van der Waals surface area contributed by atoms with Gasteiger partial charge in [-0.3, -0.25) is 4.18 Å². The van der Waals surface area contributed by atoms with Gasteiger partial charge in [0.25, 0.3) is 10.1 Å². The number of sulfonamides is 1. The lowest BCUT2D eigenvalue weighted by molar-refractivity contribution is 0.310. The Morgan fingerprint density at radius 2 is 1.50 bits per heavy atom. The van der Waals surface area contributed by atoms with Crippen LogP contribution in [0.15, 0.2) is 0 Å². The molecule has 0 bridgehead atoms.